The highest BCUT2D eigenvalue weighted by molar-refractivity contribution is 6.02. The molecule has 0 atom stereocenters. The van der Waals surface area contributed by atoms with Crippen molar-refractivity contribution in [3.8, 4) is 0 Å². The molecule has 0 fully saturated rings. The van der Waals surface area contributed by atoms with Crippen molar-refractivity contribution in [3.63, 3.8) is 0 Å². The lowest BCUT2D eigenvalue weighted by Crippen LogP contribution is -2.04. The molecule has 1 heteroatoms. The van der Waals surface area contributed by atoms with Gasteiger partial charge >= 0.3 is 0 Å². The molecule has 1 aromatic rings. The number of carbonyl (C=O) groups excluding carboxylic acids is 1. The summed E-state index contributed by atoms with van der Waals surface area (Å²) in [4.78, 5) is 11.9. The van der Waals surface area contributed by atoms with Gasteiger partial charge in [0.05, 0.1) is 0 Å². The number of allylic oxidation sites excluding steroid dienone is 1. The van der Waals surface area contributed by atoms with E-state index in [1.54, 1.807) is 0 Å². The van der Waals surface area contributed by atoms with E-state index in [-0.39, 0.29) is 0 Å². The van der Waals surface area contributed by atoms with Crippen LogP contribution in [-0.4, -0.2) is 5.78 Å². The first-order valence-electron chi connectivity index (χ1n) is 5.94. The minimum atomic E-state index is 0.314. The molecule has 0 spiro atoms. The monoisotopic (exact) mass is 214 g/mol. The summed E-state index contributed by atoms with van der Waals surface area (Å²) in [7, 11) is 0. The maximum Gasteiger partial charge on any atom is 0.163 e. The Balaban J connectivity index is 2.62. The van der Waals surface area contributed by atoms with Crippen LogP contribution >= 0.6 is 0 Å². The molecule has 0 aliphatic heterocycles. The summed E-state index contributed by atoms with van der Waals surface area (Å²) >= 11 is 0. The van der Waals surface area contributed by atoms with Crippen molar-refractivity contribution in [1.29, 1.82) is 0 Å². The maximum atomic E-state index is 11.9. The molecule has 1 aromatic carbocycles. The summed E-state index contributed by atoms with van der Waals surface area (Å²) in [6.07, 6.45) is 4.30. The lowest BCUT2D eigenvalue weighted by molar-refractivity contribution is 0.0994. The Bertz CT molecular complexity index is 441. The lowest BCUT2D eigenvalue weighted by atomic mass is 9.89. The van der Waals surface area contributed by atoms with Crippen LogP contribution in [0, 0.1) is 0 Å². The van der Waals surface area contributed by atoms with Gasteiger partial charge in [-0.1, -0.05) is 32.1 Å². The zero-order valence-corrected chi connectivity index (χ0v) is 10.0. The van der Waals surface area contributed by atoms with Crippen LogP contribution in [0.4, 0.5) is 0 Å². The Kier molecular flexibility index (Phi) is 2.95. The molecule has 0 aromatic heterocycles. The Morgan fingerprint density at radius 1 is 1.38 bits per heavy atom. The number of rotatable bonds is 3. The second-order valence-corrected chi connectivity index (χ2v) is 4.74. The first-order valence-corrected chi connectivity index (χ1v) is 5.94. The number of ketones is 1. The Hall–Kier alpha value is -1.37. The van der Waals surface area contributed by atoms with Crippen LogP contribution in [0.5, 0.6) is 0 Å². The van der Waals surface area contributed by atoms with E-state index in [1.807, 2.05) is 6.08 Å². The molecule has 0 saturated heterocycles. The number of aryl methyl sites for hydroxylation is 1. The molecule has 84 valence electrons. The summed E-state index contributed by atoms with van der Waals surface area (Å²) in [5.74, 6) is 0.781. The third kappa shape index (κ3) is 1.71. The van der Waals surface area contributed by atoms with Crippen LogP contribution in [0.25, 0.3) is 0 Å². The van der Waals surface area contributed by atoms with Gasteiger partial charge in [-0.3, -0.25) is 4.79 Å². The molecule has 0 saturated carbocycles. The predicted molar refractivity (Wildman–Crippen MR) is 67.1 cm³/mol. The molecule has 0 radical (unpaired) electrons. The second kappa shape index (κ2) is 4.25. The van der Waals surface area contributed by atoms with E-state index in [4.69, 9.17) is 0 Å². The fourth-order valence-electron chi connectivity index (χ4n) is 2.55. The minimum Gasteiger partial charge on any atom is -0.294 e. The zero-order valence-electron chi connectivity index (χ0n) is 10.0. The number of hydrogen-bond acceptors (Lipinski definition) is 1. The summed E-state index contributed by atoms with van der Waals surface area (Å²) in [5.41, 5.74) is 4.73. The van der Waals surface area contributed by atoms with E-state index in [9.17, 15) is 4.79 Å². The van der Waals surface area contributed by atoms with Crippen LogP contribution in [-0.2, 0) is 12.8 Å². The molecule has 2 rings (SSSR count). The summed E-state index contributed by atoms with van der Waals surface area (Å²) in [6, 6.07) is 4.31. The van der Waals surface area contributed by atoms with Crippen LogP contribution in [0.3, 0.4) is 0 Å². The lowest BCUT2D eigenvalue weighted by Gasteiger charge is -2.15. The number of fused-ring (bicyclic) bond motifs is 1. The van der Waals surface area contributed by atoms with Gasteiger partial charge in [0, 0.05) is 12.0 Å². The molecule has 1 aliphatic rings. The van der Waals surface area contributed by atoms with Crippen LogP contribution in [0.1, 0.15) is 53.2 Å². The van der Waals surface area contributed by atoms with Crippen LogP contribution < -0.4 is 0 Å². The number of benzene rings is 1. The minimum absolute atomic E-state index is 0.314. The summed E-state index contributed by atoms with van der Waals surface area (Å²) in [5, 5.41) is 0. The van der Waals surface area contributed by atoms with Gasteiger partial charge in [0.15, 0.2) is 5.78 Å². The molecule has 0 heterocycles. The molecular formula is C15H18O. The van der Waals surface area contributed by atoms with Gasteiger partial charge in [0.25, 0.3) is 0 Å². The quantitative estimate of drug-likeness (QED) is 0.702. The van der Waals surface area contributed by atoms with E-state index < -0.39 is 0 Å². The number of hydrogen-bond donors (Lipinski definition) is 0. The van der Waals surface area contributed by atoms with Gasteiger partial charge in [-0.2, -0.15) is 0 Å². The molecule has 0 unspecified atom stereocenters. The van der Waals surface area contributed by atoms with E-state index in [0.717, 1.165) is 18.4 Å². The van der Waals surface area contributed by atoms with E-state index >= 15 is 0 Å². The van der Waals surface area contributed by atoms with Gasteiger partial charge in [0.1, 0.15) is 0 Å². The molecule has 1 aliphatic carbocycles. The van der Waals surface area contributed by atoms with Crippen molar-refractivity contribution < 1.29 is 4.79 Å². The van der Waals surface area contributed by atoms with E-state index in [0.29, 0.717) is 18.1 Å². The molecule has 1 nitrogen and oxygen atoms in total. The van der Waals surface area contributed by atoms with Crippen molar-refractivity contribution in [2.45, 2.75) is 39.0 Å². The molecule has 16 heavy (non-hydrogen) atoms. The fraction of sp³-hybridized carbons (Fsp3) is 0.400. The van der Waals surface area contributed by atoms with Crippen LogP contribution in [0.15, 0.2) is 24.8 Å². The average molecular weight is 214 g/mol. The summed E-state index contributed by atoms with van der Waals surface area (Å²) < 4.78 is 0. The van der Waals surface area contributed by atoms with Crippen molar-refractivity contribution in [1.82, 2.24) is 0 Å². The topological polar surface area (TPSA) is 17.1 Å². The average Bonchev–Trinajstić information content (AvgIpc) is 2.61. The maximum absolute atomic E-state index is 11.9. The highest BCUT2D eigenvalue weighted by Gasteiger charge is 2.24. The zero-order chi connectivity index (χ0) is 11.7. The van der Waals surface area contributed by atoms with Gasteiger partial charge in [-0.05, 0) is 35.4 Å². The fourth-order valence-corrected chi connectivity index (χ4v) is 2.55. The van der Waals surface area contributed by atoms with Gasteiger partial charge in [0.2, 0.25) is 0 Å². The van der Waals surface area contributed by atoms with Crippen LogP contribution in [0.2, 0.25) is 0 Å². The highest BCUT2D eigenvalue weighted by atomic mass is 16.1. The van der Waals surface area contributed by atoms with E-state index in [2.05, 4.69) is 32.6 Å². The largest absolute Gasteiger partial charge is 0.294 e. The van der Waals surface area contributed by atoms with Crippen molar-refractivity contribution in [2.24, 2.45) is 0 Å². The first kappa shape index (κ1) is 11.1. The van der Waals surface area contributed by atoms with Gasteiger partial charge < -0.3 is 0 Å². The van der Waals surface area contributed by atoms with Crippen molar-refractivity contribution in [2.75, 3.05) is 0 Å². The first-order chi connectivity index (χ1) is 7.65. The second-order valence-electron chi connectivity index (χ2n) is 4.74. The van der Waals surface area contributed by atoms with Crippen molar-refractivity contribution >= 4 is 5.78 Å². The molecular weight excluding hydrogens is 196 g/mol. The Morgan fingerprint density at radius 2 is 2.12 bits per heavy atom. The molecule has 0 amide bonds. The smallest absolute Gasteiger partial charge is 0.163 e. The number of Topliss-reactive ketones (excluding diaryl/α,β-unsaturated/α-hetero) is 1. The SMILES string of the molecule is C=CCc1c(C(C)C)ccc2c1C(=O)CC2. The predicted octanol–water partition coefficient (Wildman–Crippen LogP) is 3.67. The standard InChI is InChI=1S/C15H18O/c1-4-5-13-12(10(2)3)8-6-11-7-9-14(16)15(11)13/h4,6,8,10H,1,5,7,9H2,2-3H3. The van der Waals surface area contributed by atoms with Gasteiger partial charge in [-0.15, -0.1) is 6.58 Å². The third-order valence-corrected chi connectivity index (χ3v) is 3.31. The normalized spacial score (nSPS) is 14.3. The number of carbonyl (C=O) groups is 1. The highest BCUT2D eigenvalue weighted by Crippen LogP contribution is 2.31. The molecule has 0 bridgehead atoms. The third-order valence-electron chi connectivity index (χ3n) is 3.31. The summed E-state index contributed by atoms with van der Waals surface area (Å²) in [6.45, 7) is 8.14. The Labute approximate surface area is 97.2 Å². The van der Waals surface area contributed by atoms with Gasteiger partial charge in [-0.25, -0.2) is 0 Å². The van der Waals surface area contributed by atoms with E-state index in [1.165, 1.54) is 16.7 Å². The van der Waals surface area contributed by atoms with Crippen molar-refractivity contribution in [3.05, 3.63) is 47.0 Å². The molecule has 0 N–H and O–H groups in total. The Morgan fingerprint density at radius 3 is 2.75 bits per heavy atom.